The Balaban J connectivity index is 1.12. The number of fused-ring (bicyclic) bond motifs is 12. The van der Waals surface area contributed by atoms with Gasteiger partial charge in [-0.25, -0.2) is 0 Å². The van der Waals surface area contributed by atoms with Crippen molar-refractivity contribution in [3.63, 3.8) is 0 Å². The molecule has 0 saturated heterocycles. The van der Waals surface area contributed by atoms with E-state index in [0.29, 0.717) is 0 Å². The third-order valence-corrected chi connectivity index (χ3v) is 13.7. The van der Waals surface area contributed by atoms with Crippen molar-refractivity contribution in [2.75, 3.05) is 9.80 Å². The van der Waals surface area contributed by atoms with Crippen LogP contribution in [0.5, 0.6) is 0 Å². The Hall–Kier alpha value is -7.82. The van der Waals surface area contributed by atoms with Gasteiger partial charge in [-0.2, -0.15) is 0 Å². The summed E-state index contributed by atoms with van der Waals surface area (Å²) in [5, 5.41) is 10.1. The summed E-state index contributed by atoms with van der Waals surface area (Å²) >= 11 is 0. The molecule has 0 radical (unpaired) electrons. The number of rotatable bonds is 6. The molecule has 4 heterocycles. The van der Waals surface area contributed by atoms with E-state index >= 15 is 0 Å². The lowest BCUT2D eigenvalue weighted by Gasteiger charge is -2.28. The predicted molar refractivity (Wildman–Crippen MR) is 269 cm³/mol. The van der Waals surface area contributed by atoms with E-state index in [0.717, 1.165) is 11.4 Å². The highest BCUT2D eigenvalue weighted by Gasteiger charge is 2.28. The molecule has 13 rings (SSSR count). The summed E-state index contributed by atoms with van der Waals surface area (Å²) in [5.74, 6) is 0. The summed E-state index contributed by atoms with van der Waals surface area (Å²) in [4.78, 5) is 4.93. The first kappa shape index (κ1) is 35.9. The van der Waals surface area contributed by atoms with Crippen molar-refractivity contribution in [3.8, 4) is 0 Å². The van der Waals surface area contributed by atoms with Crippen LogP contribution in [0.2, 0.25) is 0 Å². The average molecular weight is 809 g/mol. The lowest BCUT2D eigenvalue weighted by Crippen LogP contribution is -2.12. The number of aromatic nitrogens is 2. The third-order valence-electron chi connectivity index (χ3n) is 13.7. The molecule has 300 valence electrons. The number of benzene rings is 9. The monoisotopic (exact) mass is 808 g/mol. The molecule has 4 nitrogen and oxygen atoms in total. The van der Waals surface area contributed by atoms with Crippen LogP contribution in [0.3, 0.4) is 0 Å². The van der Waals surface area contributed by atoms with E-state index in [1.165, 1.54) is 127 Å². The van der Waals surface area contributed by atoms with Gasteiger partial charge >= 0.3 is 0 Å². The Kier molecular flexibility index (Phi) is 7.46. The molecule has 0 bridgehead atoms. The molecule has 0 N–H and O–H groups in total. The van der Waals surface area contributed by atoms with Crippen molar-refractivity contribution >= 4 is 110 Å². The van der Waals surface area contributed by atoms with Gasteiger partial charge in [0.1, 0.15) is 0 Å². The van der Waals surface area contributed by atoms with Gasteiger partial charge in [0.25, 0.3) is 0 Å². The Morgan fingerprint density at radius 3 is 1.19 bits per heavy atom. The topological polar surface area (TPSA) is 15.3 Å². The molecule has 9 aromatic carbocycles. The van der Waals surface area contributed by atoms with Crippen LogP contribution in [0.25, 0.3) is 76.2 Å². The van der Waals surface area contributed by atoms with Gasteiger partial charge in [0.05, 0.1) is 44.5 Å². The van der Waals surface area contributed by atoms with E-state index in [-0.39, 0.29) is 0 Å². The summed E-state index contributed by atoms with van der Waals surface area (Å²) in [6, 6.07) is 65.8. The number of para-hydroxylation sites is 3. The number of hydrogen-bond donors (Lipinski definition) is 0. The fraction of sp³-hybridized carbons (Fsp3) is 0.0847. The molecule has 0 spiro atoms. The maximum absolute atomic E-state index is 2.54. The second-order valence-corrected chi connectivity index (χ2v) is 17.7. The van der Waals surface area contributed by atoms with Gasteiger partial charge in [0.15, 0.2) is 0 Å². The highest BCUT2D eigenvalue weighted by atomic mass is 15.2. The lowest BCUT2D eigenvalue weighted by atomic mass is 10.0. The minimum absolute atomic E-state index is 1.14. The molecule has 63 heavy (non-hydrogen) atoms. The van der Waals surface area contributed by atoms with Gasteiger partial charge in [0.2, 0.25) is 0 Å². The van der Waals surface area contributed by atoms with Crippen LogP contribution in [0.15, 0.2) is 176 Å². The van der Waals surface area contributed by atoms with E-state index in [1.807, 2.05) is 0 Å². The fourth-order valence-electron chi connectivity index (χ4n) is 11.0. The van der Waals surface area contributed by atoms with Gasteiger partial charge in [-0.05, 0) is 119 Å². The van der Waals surface area contributed by atoms with Gasteiger partial charge in [-0.15, -0.1) is 0 Å². The maximum Gasteiger partial charge on any atom is 0.0641 e. The number of anilines is 6. The number of nitrogens with zero attached hydrogens (tertiary/aromatic N) is 4. The Labute approximate surface area is 365 Å². The minimum Gasteiger partial charge on any atom is -0.310 e. The van der Waals surface area contributed by atoms with E-state index in [9.17, 15) is 0 Å². The first-order valence-corrected chi connectivity index (χ1v) is 22.0. The second kappa shape index (κ2) is 13.1. The van der Waals surface area contributed by atoms with Crippen LogP contribution in [0.1, 0.15) is 27.8 Å². The van der Waals surface area contributed by atoms with Crippen molar-refractivity contribution in [1.29, 1.82) is 0 Å². The number of hydrogen-bond acceptors (Lipinski definition) is 2. The van der Waals surface area contributed by atoms with E-state index in [1.54, 1.807) is 0 Å². The van der Waals surface area contributed by atoms with Crippen molar-refractivity contribution in [3.05, 3.63) is 204 Å². The third kappa shape index (κ3) is 4.98. The minimum atomic E-state index is 1.14. The van der Waals surface area contributed by atoms with Gasteiger partial charge in [0, 0.05) is 65.8 Å². The predicted octanol–water partition coefficient (Wildman–Crippen LogP) is 16.5. The SMILES string of the molecule is Cc1ccc(N(c2ccc(C)cc2C)c2ccc3c4cc5c(cc4n4c6ccccc6c2c34)c2ccc(N(c3ccccc3)c3ccc(C)cc3C)c3c4ccccc4n5c23)cc1. The molecule has 0 unspecified atom stereocenters. The van der Waals surface area contributed by atoms with Crippen LogP contribution in [0, 0.1) is 34.6 Å². The largest absolute Gasteiger partial charge is 0.310 e. The lowest BCUT2D eigenvalue weighted by molar-refractivity contribution is 1.24. The zero-order chi connectivity index (χ0) is 42.2. The smallest absolute Gasteiger partial charge is 0.0641 e. The quantitative estimate of drug-likeness (QED) is 0.166. The zero-order valence-electron chi connectivity index (χ0n) is 36.0. The highest BCUT2D eigenvalue weighted by molar-refractivity contribution is 6.32. The average Bonchev–Trinajstić information content (AvgIpc) is 4.02. The van der Waals surface area contributed by atoms with Crippen LogP contribution in [-0.4, -0.2) is 8.80 Å². The Morgan fingerprint density at radius 1 is 0.302 bits per heavy atom. The van der Waals surface area contributed by atoms with E-state index < -0.39 is 0 Å². The van der Waals surface area contributed by atoms with Crippen LogP contribution < -0.4 is 9.80 Å². The first-order chi connectivity index (χ1) is 30.8. The number of aryl methyl sites for hydroxylation is 5. The Bertz CT molecular complexity index is 3960. The molecular weight excluding hydrogens is 765 g/mol. The first-order valence-electron chi connectivity index (χ1n) is 22.0. The standard InChI is InChI=1S/C59H44N4/c1-35-19-23-41(24-20-35)61(49-28-22-37(3)32-39(49)5)53-30-26-43-47-34-54-46(33-55(47)63-51-18-12-10-16-45(51)57(53)59(43)63)42-25-29-52(56-44-15-9-11-17-50(44)62(54)58(42)56)60(40-13-7-6-8-14-40)48-27-21-36(2)31-38(48)4/h6-34H,1-5H3. The van der Waals surface area contributed by atoms with Crippen LogP contribution in [-0.2, 0) is 0 Å². The summed E-state index contributed by atoms with van der Waals surface area (Å²) < 4.78 is 5.09. The summed E-state index contributed by atoms with van der Waals surface area (Å²) in [5.41, 5.74) is 20.7. The van der Waals surface area contributed by atoms with E-state index in [2.05, 4.69) is 229 Å². The molecule has 13 aromatic rings. The van der Waals surface area contributed by atoms with E-state index in [4.69, 9.17) is 0 Å². The van der Waals surface area contributed by atoms with Gasteiger partial charge in [-0.3, -0.25) is 0 Å². The Morgan fingerprint density at radius 2 is 0.714 bits per heavy atom. The van der Waals surface area contributed by atoms with Gasteiger partial charge < -0.3 is 18.6 Å². The summed E-state index contributed by atoms with van der Waals surface area (Å²) in [6.07, 6.45) is 0. The molecule has 4 aromatic heterocycles. The maximum atomic E-state index is 2.54. The van der Waals surface area contributed by atoms with Crippen LogP contribution in [0.4, 0.5) is 34.1 Å². The van der Waals surface area contributed by atoms with Crippen LogP contribution >= 0.6 is 0 Å². The molecule has 0 atom stereocenters. The highest BCUT2D eigenvalue weighted by Crippen LogP contribution is 2.51. The molecule has 0 aliphatic heterocycles. The summed E-state index contributed by atoms with van der Waals surface area (Å²) in [6.45, 7) is 11.0. The molecule has 0 aliphatic rings. The zero-order valence-corrected chi connectivity index (χ0v) is 36.0. The van der Waals surface area contributed by atoms with Crippen molar-refractivity contribution in [2.45, 2.75) is 34.6 Å². The van der Waals surface area contributed by atoms with Crippen molar-refractivity contribution in [2.24, 2.45) is 0 Å². The molecular formula is C59H44N4. The van der Waals surface area contributed by atoms with Crippen molar-refractivity contribution < 1.29 is 0 Å². The fourth-order valence-corrected chi connectivity index (χ4v) is 11.0. The molecule has 0 aliphatic carbocycles. The van der Waals surface area contributed by atoms with Crippen molar-refractivity contribution in [1.82, 2.24) is 8.80 Å². The normalized spacial score (nSPS) is 12.2. The van der Waals surface area contributed by atoms with Gasteiger partial charge in [-0.1, -0.05) is 120 Å². The molecule has 0 amide bonds. The molecule has 0 saturated carbocycles. The second-order valence-electron chi connectivity index (χ2n) is 17.7. The molecule has 0 fully saturated rings. The summed E-state index contributed by atoms with van der Waals surface area (Å²) in [7, 11) is 0. The molecule has 4 heteroatoms.